The van der Waals surface area contributed by atoms with Crippen LogP contribution in [-0.2, 0) is 10.0 Å². The number of diazo groups is 1. The van der Waals surface area contributed by atoms with Crippen molar-refractivity contribution in [1.29, 1.82) is 5.39 Å². The Morgan fingerprint density at radius 3 is 2.62 bits per heavy atom. The third-order valence-corrected chi connectivity index (χ3v) is 3.10. The van der Waals surface area contributed by atoms with Gasteiger partial charge in [-0.2, -0.15) is 0 Å². The molecule has 0 heterocycles. The summed E-state index contributed by atoms with van der Waals surface area (Å²) in [5.74, 6) is 0. The minimum atomic E-state index is -3.42. The maximum atomic E-state index is 11.5. The summed E-state index contributed by atoms with van der Waals surface area (Å²) in [7, 11) is -3.42. The van der Waals surface area contributed by atoms with Crippen molar-refractivity contribution in [2.75, 3.05) is 17.1 Å². The van der Waals surface area contributed by atoms with Crippen LogP contribution in [0.2, 0.25) is 0 Å². The van der Waals surface area contributed by atoms with Crippen LogP contribution in [0.4, 0.5) is 11.4 Å². The Bertz CT molecular complexity index is 531. The lowest BCUT2D eigenvalue weighted by atomic mass is 10.2. The van der Waals surface area contributed by atoms with E-state index in [0.29, 0.717) is 5.69 Å². The zero-order valence-corrected chi connectivity index (χ0v) is 9.68. The van der Waals surface area contributed by atoms with E-state index in [1.807, 2.05) is 0 Å². The second-order valence-corrected chi connectivity index (χ2v) is 5.08. The molecule has 0 aromatic heterocycles. The minimum Gasteiger partial charge on any atom is -0.259 e. The topological polar surface area (TPSA) is 65.5 Å². The Labute approximate surface area is 94.7 Å². The summed E-state index contributed by atoms with van der Waals surface area (Å²) in [6, 6.07) is 6.43. The van der Waals surface area contributed by atoms with E-state index in [1.165, 1.54) is 12.1 Å². The van der Waals surface area contributed by atoms with Gasteiger partial charge in [-0.25, -0.2) is 8.42 Å². The normalized spacial score (nSPS) is 10.5. The highest BCUT2D eigenvalue weighted by molar-refractivity contribution is 7.92. The van der Waals surface area contributed by atoms with Crippen molar-refractivity contribution in [3.8, 4) is 0 Å². The van der Waals surface area contributed by atoms with Crippen LogP contribution in [0.3, 0.4) is 0 Å². The first-order valence-electron chi connectivity index (χ1n) is 4.53. The van der Waals surface area contributed by atoms with Crippen LogP contribution < -0.4 is 4.31 Å². The number of hydrogen-bond acceptors (Lipinski definition) is 3. The van der Waals surface area contributed by atoms with Crippen molar-refractivity contribution in [3.05, 3.63) is 41.9 Å². The van der Waals surface area contributed by atoms with Crippen LogP contribution >= 0.6 is 0 Å². The molecule has 0 amide bonds. The van der Waals surface area contributed by atoms with E-state index in [2.05, 4.69) is 11.6 Å². The summed E-state index contributed by atoms with van der Waals surface area (Å²) in [4.78, 5) is 3.05. The molecule has 0 spiro atoms. The molecule has 1 aromatic rings. The number of hydrogen-bond donors (Lipinski definition) is 0. The maximum absolute atomic E-state index is 11.5. The molecule has 0 aliphatic carbocycles. The molecule has 0 saturated heterocycles. The highest BCUT2D eigenvalue weighted by Gasteiger charge is 2.24. The molecule has 0 N–H and O–H groups in total. The Balaban J connectivity index is 3.33. The van der Waals surface area contributed by atoms with Gasteiger partial charge in [-0.1, -0.05) is 18.2 Å². The smallest absolute Gasteiger partial charge is 0.259 e. The van der Waals surface area contributed by atoms with E-state index in [4.69, 9.17) is 5.39 Å². The predicted molar refractivity (Wildman–Crippen MR) is 63.6 cm³/mol. The fraction of sp³-hybridized carbons (Fsp3) is 0.200. The maximum Gasteiger partial charge on any atom is 0.409 e. The van der Waals surface area contributed by atoms with E-state index < -0.39 is 10.0 Å². The minimum absolute atomic E-state index is 0.130. The van der Waals surface area contributed by atoms with Gasteiger partial charge in [0.15, 0.2) is 4.98 Å². The lowest BCUT2D eigenvalue weighted by Gasteiger charge is -2.18. The molecular weight excluding hydrogens is 226 g/mol. The molecule has 0 radical (unpaired) electrons. The first-order chi connectivity index (χ1) is 7.50. The zero-order chi connectivity index (χ0) is 12.2. The Hall–Kier alpha value is -1.87. The lowest BCUT2D eigenvalue weighted by Crippen LogP contribution is -2.29. The fourth-order valence-electron chi connectivity index (χ4n) is 1.29. The van der Waals surface area contributed by atoms with E-state index in [0.717, 1.165) is 10.6 Å². The average Bonchev–Trinajstić information content (AvgIpc) is 2.24. The highest BCUT2D eigenvalue weighted by Crippen LogP contribution is 2.29. The molecule has 1 aromatic carbocycles. The Morgan fingerprint density at radius 2 is 2.12 bits per heavy atom. The van der Waals surface area contributed by atoms with E-state index in [1.54, 1.807) is 18.2 Å². The largest absolute Gasteiger partial charge is 0.409 e. The van der Waals surface area contributed by atoms with E-state index in [-0.39, 0.29) is 12.2 Å². The summed E-state index contributed by atoms with van der Waals surface area (Å²) >= 11 is 0. The molecular formula is C10H12N3O2S+. The molecule has 0 bridgehead atoms. The molecule has 0 unspecified atom stereocenters. The van der Waals surface area contributed by atoms with Crippen molar-refractivity contribution in [2.45, 2.75) is 0 Å². The molecule has 84 valence electrons. The van der Waals surface area contributed by atoms with Crippen LogP contribution in [-0.4, -0.2) is 21.2 Å². The van der Waals surface area contributed by atoms with Gasteiger partial charge in [0.25, 0.3) is 0 Å². The second-order valence-electron chi connectivity index (χ2n) is 3.17. The molecule has 0 aliphatic heterocycles. The molecule has 0 aliphatic rings. The molecule has 16 heavy (non-hydrogen) atoms. The third-order valence-electron chi connectivity index (χ3n) is 1.95. The molecule has 0 saturated carbocycles. The monoisotopic (exact) mass is 238 g/mol. The van der Waals surface area contributed by atoms with E-state index >= 15 is 0 Å². The second kappa shape index (κ2) is 4.77. The number of rotatable bonds is 4. The first-order valence-corrected chi connectivity index (χ1v) is 6.38. The predicted octanol–water partition coefficient (Wildman–Crippen LogP) is 2.12. The fourth-order valence-corrected chi connectivity index (χ4v) is 2.18. The SMILES string of the molecule is C=CCN(c1ccccc1[N+]#N)S(C)(=O)=O. The first kappa shape index (κ1) is 12.2. The summed E-state index contributed by atoms with van der Waals surface area (Å²) in [6.07, 6.45) is 2.56. The number of sulfonamides is 1. The molecule has 6 heteroatoms. The van der Waals surface area contributed by atoms with Crippen molar-refractivity contribution in [3.63, 3.8) is 0 Å². The molecule has 0 atom stereocenters. The van der Waals surface area contributed by atoms with Crippen molar-refractivity contribution >= 4 is 21.4 Å². The van der Waals surface area contributed by atoms with Gasteiger partial charge in [-0.05, 0) is 6.07 Å². The number of anilines is 1. The van der Waals surface area contributed by atoms with Crippen LogP contribution in [0.25, 0.3) is 4.98 Å². The van der Waals surface area contributed by atoms with Crippen molar-refractivity contribution < 1.29 is 8.42 Å². The van der Waals surface area contributed by atoms with Gasteiger partial charge in [0.1, 0.15) is 5.69 Å². The van der Waals surface area contributed by atoms with Gasteiger partial charge < -0.3 is 0 Å². The number of para-hydroxylation sites is 1. The third kappa shape index (κ3) is 2.58. The average molecular weight is 238 g/mol. The molecule has 0 fully saturated rings. The molecule has 5 nitrogen and oxygen atoms in total. The summed E-state index contributed by atoms with van der Waals surface area (Å²) in [5, 5.41) is 8.78. The summed E-state index contributed by atoms with van der Waals surface area (Å²) < 4.78 is 24.2. The summed E-state index contributed by atoms with van der Waals surface area (Å²) in [6.45, 7) is 3.63. The lowest BCUT2D eigenvalue weighted by molar-refractivity contribution is 0.599. The quantitative estimate of drug-likeness (QED) is 0.596. The van der Waals surface area contributed by atoms with Crippen LogP contribution in [0.1, 0.15) is 0 Å². The van der Waals surface area contributed by atoms with Gasteiger partial charge in [0, 0.05) is 6.07 Å². The van der Waals surface area contributed by atoms with Gasteiger partial charge in [-0.3, -0.25) is 4.31 Å². The standard InChI is InChI=1S/C10H12N3O2S/c1-3-8-13(16(2,14)15)10-7-5-4-6-9(10)12-11/h3-7H,1,8H2,2H3/q+1. The molecule has 1 rings (SSSR count). The van der Waals surface area contributed by atoms with Crippen molar-refractivity contribution in [2.24, 2.45) is 0 Å². The van der Waals surface area contributed by atoms with Crippen LogP contribution in [0, 0.1) is 5.39 Å². The number of nitrogens with zero attached hydrogens (tertiary/aromatic N) is 3. The van der Waals surface area contributed by atoms with E-state index in [9.17, 15) is 8.42 Å². The van der Waals surface area contributed by atoms with Gasteiger partial charge in [0.2, 0.25) is 15.4 Å². The van der Waals surface area contributed by atoms with Crippen LogP contribution in [0.5, 0.6) is 0 Å². The number of benzene rings is 1. The van der Waals surface area contributed by atoms with Gasteiger partial charge in [0.05, 0.1) is 12.8 Å². The van der Waals surface area contributed by atoms with Crippen LogP contribution in [0.15, 0.2) is 36.9 Å². The van der Waals surface area contributed by atoms with Gasteiger partial charge >= 0.3 is 5.69 Å². The zero-order valence-electron chi connectivity index (χ0n) is 8.87. The Kier molecular flexibility index (Phi) is 3.64. The Morgan fingerprint density at radius 1 is 1.50 bits per heavy atom. The van der Waals surface area contributed by atoms with Gasteiger partial charge in [-0.15, -0.1) is 6.58 Å². The van der Waals surface area contributed by atoms with Crippen molar-refractivity contribution in [1.82, 2.24) is 0 Å². The highest BCUT2D eigenvalue weighted by atomic mass is 32.2. The summed E-state index contributed by atoms with van der Waals surface area (Å²) in [5.41, 5.74) is 0.530.